The number of carbonyl (C=O) groups excluding carboxylic acids is 1. The molecule has 0 unspecified atom stereocenters. The summed E-state index contributed by atoms with van der Waals surface area (Å²) < 4.78 is 1.38. The van der Waals surface area contributed by atoms with Crippen LogP contribution in [0.25, 0.3) is 11.3 Å². The van der Waals surface area contributed by atoms with Crippen molar-refractivity contribution in [2.45, 2.75) is 6.54 Å². The molecule has 0 fully saturated rings. The Morgan fingerprint density at radius 1 is 1.03 bits per heavy atom. The fraction of sp³-hybridized carbons (Fsp3) is 0.0435. The number of anilines is 1. The molecule has 0 aliphatic heterocycles. The van der Waals surface area contributed by atoms with Crippen LogP contribution in [0, 0.1) is 11.3 Å². The zero-order valence-electron chi connectivity index (χ0n) is 15.5. The second kappa shape index (κ2) is 8.19. The zero-order valence-corrected chi connectivity index (χ0v) is 15.5. The van der Waals surface area contributed by atoms with Gasteiger partial charge in [0.2, 0.25) is 0 Å². The summed E-state index contributed by atoms with van der Waals surface area (Å²) in [5.74, 6) is 0.366. The number of hydrogen-bond donors (Lipinski definition) is 1. The van der Waals surface area contributed by atoms with E-state index in [4.69, 9.17) is 5.26 Å². The molecule has 0 aliphatic carbocycles. The van der Waals surface area contributed by atoms with Gasteiger partial charge in [0, 0.05) is 36.1 Å². The third-order valence-electron chi connectivity index (χ3n) is 4.44. The Balaban J connectivity index is 1.66. The standard InChI is InChI=1S/C23H17N5O/c24-14-17-8-10-18(11-9-17)15-26-22-13-21(20-7-4-12-25-16-20)27-28(22)23(29)19-5-2-1-3-6-19/h1-13,16,26H,15H2. The Morgan fingerprint density at radius 3 is 2.52 bits per heavy atom. The van der Waals surface area contributed by atoms with Crippen LogP contribution in [0.15, 0.2) is 85.2 Å². The smallest absolute Gasteiger partial charge is 0.280 e. The molecule has 0 bridgehead atoms. The first-order valence-electron chi connectivity index (χ1n) is 9.08. The molecule has 0 saturated heterocycles. The maximum Gasteiger partial charge on any atom is 0.280 e. The molecule has 2 aromatic carbocycles. The molecular formula is C23H17N5O. The maximum absolute atomic E-state index is 13.0. The molecule has 0 spiro atoms. The monoisotopic (exact) mass is 379 g/mol. The molecule has 0 aliphatic rings. The molecule has 29 heavy (non-hydrogen) atoms. The topological polar surface area (TPSA) is 83.6 Å². The number of nitrogens with one attached hydrogen (secondary N) is 1. The molecule has 4 rings (SSSR count). The van der Waals surface area contributed by atoms with Gasteiger partial charge in [0.1, 0.15) is 5.82 Å². The molecule has 4 aromatic rings. The average Bonchev–Trinajstić information content (AvgIpc) is 3.23. The fourth-order valence-corrected chi connectivity index (χ4v) is 2.91. The van der Waals surface area contributed by atoms with Gasteiger partial charge in [-0.3, -0.25) is 9.78 Å². The minimum Gasteiger partial charge on any atom is -0.366 e. The lowest BCUT2D eigenvalue weighted by atomic mass is 10.1. The first-order chi connectivity index (χ1) is 14.2. The van der Waals surface area contributed by atoms with Crippen molar-refractivity contribution < 1.29 is 4.79 Å². The van der Waals surface area contributed by atoms with Crippen LogP contribution in [0.3, 0.4) is 0 Å². The van der Waals surface area contributed by atoms with E-state index in [1.807, 2.05) is 48.5 Å². The summed E-state index contributed by atoms with van der Waals surface area (Å²) >= 11 is 0. The van der Waals surface area contributed by atoms with Gasteiger partial charge in [0.25, 0.3) is 5.91 Å². The van der Waals surface area contributed by atoms with Crippen molar-refractivity contribution >= 4 is 11.7 Å². The molecule has 0 saturated carbocycles. The molecule has 6 nitrogen and oxygen atoms in total. The number of nitriles is 1. The van der Waals surface area contributed by atoms with Crippen molar-refractivity contribution in [1.29, 1.82) is 5.26 Å². The minimum atomic E-state index is -0.219. The van der Waals surface area contributed by atoms with Gasteiger partial charge >= 0.3 is 0 Å². The summed E-state index contributed by atoms with van der Waals surface area (Å²) in [5, 5.41) is 16.7. The maximum atomic E-state index is 13.0. The van der Waals surface area contributed by atoms with Crippen molar-refractivity contribution in [2.75, 3.05) is 5.32 Å². The highest BCUT2D eigenvalue weighted by Crippen LogP contribution is 2.22. The van der Waals surface area contributed by atoms with Crippen LogP contribution in [-0.2, 0) is 6.54 Å². The van der Waals surface area contributed by atoms with E-state index in [0.29, 0.717) is 29.2 Å². The van der Waals surface area contributed by atoms with Crippen molar-refractivity contribution in [1.82, 2.24) is 14.8 Å². The van der Waals surface area contributed by atoms with Crippen molar-refractivity contribution in [3.8, 4) is 17.3 Å². The molecule has 1 N–H and O–H groups in total. The van der Waals surface area contributed by atoms with Crippen LogP contribution in [0.5, 0.6) is 0 Å². The van der Waals surface area contributed by atoms with Crippen LogP contribution < -0.4 is 5.32 Å². The molecule has 2 heterocycles. The van der Waals surface area contributed by atoms with Crippen LogP contribution in [0.2, 0.25) is 0 Å². The zero-order chi connectivity index (χ0) is 20.1. The molecule has 0 amide bonds. The Labute approximate surface area is 168 Å². The quantitative estimate of drug-likeness (QED) is 0.564. The van der Waals surface area contributed by atoms with Crippen LogP contribution >= 0.6 is 0 Å². The van der Waals surface area contributed by atoms with Crippen LogP contribution in [0.4, 0.5) is 5.82 Å². The number of carbonyl (C=O) groups is 1. The second-order valence-electron chi connectivity index (χ2n) is 6.40. The lowest BCUT2D eigenvalue weighted by molar-refractivity contribution is 0.0948. The average molecular weight is 379 g/mol. The number of rotatable bonds is 5. The van der Waals surface area contributed by atoms with Gasteiger partial charge in [-0.1, -0.05) is 30.3 Å². The number of benzene rings is 2. The summed E-state index contributed by atoms with van der Waals surface area (Å²) in [7, 11) is 0. The second-order valence-corrected chi connectivity index (χ2v) is 6.40. The number of hydrogen-bond acceptors (Lipinski definition) is 5. The lowest BCUT2D eigenvalue weighted by Gasteiger charge is -2.09. The van der Waals surface area contributed by atoms with Gasteiger partial charge in [-0.05, 0) is 42.0 Å². The molecular weight excluding hydrogens is 362 g/mol. The molecule has 140 valence electrons. The predicted molar refractivity (Wildman–Crippen MR) is 110 cm³/mol. The Morgan fingerprint density at radius 2 is 1.83 bits per heavy atom. The Hall–Kier alpha value is -4.24. The molecule has 0 atom stereocenters. The third kappa shape index (κ3) is 4.04. The summed E-state index contributed by atoms with van der Waals surface area (Å²) in [6.07, 6.45) is 3.41. The summed E-state index contributed by atoms with van der Waals surface area (Å²) in [6, 6.07) is 24.0. The predicted octanol–water partition coefficient (Wildman–Crippen LogP) is 4.12. The summed E-state index contributed by atoms with van der Waals surface area (Å²) in [4.78, 5) is 17.1. The number of nitrogens with zero attached hydrogens (tertiary/aromatic N) is 4. The largest absolute Gasteiger partial charge is 0.366 e. The molecule has 6 heteroatoms. The van der Waals surface area contributed by atoms with E-state index in [1.165, 1.54) is 4.68 Å². The van der Waals surface area contributed by atoms with Crippen molar-refractivity contribution in [3.05, 3.63) is 102 Å². The van der Waals surface area contributed by atoms with Crippen molar-refractivity contribution in [2.24, 2.45) is 0 Å². The highest BCUT2D eigenvalue weighted by atomic mass is 16.2. The van der Waals surface area contributed by atoms with E-state index in [1.54, 1.807) is 36.7 Å². The van der Waals surface area contributed by atoms with Gasteiger partial charge < -0.3 is 5.32 Å². The number of pyridine rings is 1. The molecule has 0 radical (unpaired) electrons. The summed E-state index contributed by atoms with van der Waals surface area (Å²) in [6.45, 7) is 0.492. The fourth-order valence-electron chi connectivity index (χ4n) is 2.91. The summed E-state index contributed by atoms with van der Waals surface area (Å²) in [5.41, 5.74) is 3.64. The normalized spacial score (nSPS) is 10.3. The highest BCUT2D eigenvalue weighted by Gasteiger charge is 2.17. The Bertz CT molecular complexity index is 1160. The SMILES string of the molecule is N#Cc1ccc(CNc2cc(-c3cccnc3)nn2C(=O)c2ccccc2)cc1. The number of aromatic nitrogens is 3. The van der Waals surface area contributed by atoms with Crippen molar-refractivity contribution in [3.63, 3.8) is 0 Å². The first-order valence-corrected chi connectivity index (χ1v) is 9.08. The van der Waals surface area contributed by atoms with E-state index in [9.17, 15) is 4.79 Å². The van der Waals surface area contributed by atoms with E-state index in [2.05, 4.69) is 21.5 Å². The van der Waals surface area contributed by atoms with E-state index in [0.717, 1.165) is 11.1 Å². The van der Waals surface area contributed by atoms with Crippen LogP contribution in [-0.4, -0.2) is 20.7 Å². The van der Waals surface area contributed by atoms with Gasteiger partial charge in [-0.15, -0.1) is 0 Å². The van der Waals surface area contributed by atoms with Crippen LogP contribution in [0.1, 0.15) is 21.5 Å². The Kier molecular flexibility index (Phi) is 5.12. The van der Waals surface area contributed by atoms with Gasteiger partial charge in [0.05, 0.1) is 17.3 Å². The van der Waals surface area contributed by atoms with Gasteiger partial charge in [-0.2, -0.15) is 15.0 Å². The highest BCUT2D eigenvalue weighted by molar-refractivity contribution is 5.97. The van der Waals surface area contributed by atoms with E-state index < -0.39 is 0 Å². The lowest BCUT2D eigenvalue weighted by Crippen LogP contribution is -2.17. The van der Waals surface area contributed by atoms with Gasteiger partial charge in [0.15, 0.2) is 0 Å². The first kappa shape index (κ1) is 18.1. The third-order valence-corrected chi connectivity index (χ3v) is 4.44. The van der Waals surface area contributed by atoms with E-state index >= 15 is 0 Å². The van der Waals surface area contributed by atoms with Gasteiger partial charge in [-0.25, -0.2) is 0 Å². The molecule has 2 aromatic heterocycles. The van der Waals surface area contributed by atoms with E-state index in [-0.39, 0.29) is 5.91 Å². The minimum absolute atomic E-state index is 0.219.